The van der Waals surface area contributed by atoms with Crippen LogP contribution in [0.2, 0.25) is 0 Å². The van der Waals surface area contributed by atoms with Crippen LogP contribution >= 0.6 is 11.8 Å². The highest BCUT2D eigenvalue weighted by molar-refractivity contribution is 7.99. The molecule has 2 aromatic heterocycles. The zero-order valence-corrected chi connectivity index (χ0v) is 12.5. The number of nitrogens with zero attached hydrogens (tertiary/aromatic N) is 4. The van der Waals surface area contributed by atoms with E-state index in [1.165, 1.54) is 5.56 Å². The first-order valence-corrected chi connectivity index (χ1v) is 7.81. The quantitative estimate of drug-likeness (QED) is 0.582. The minimum Gasteiger partial charge on any atom is -0.398 e. The lowest BCUT2D eigenvalue weighted by atomic mass is 10.3. The fraction of sp³-hybridized carbons (Fsp3) is 0.267. The first-order valence-electron chi connectivity index (χ1n) is 7.00. The first-order chi connectivity index (χ1) is 10.2. The van der Waals surface area contributed by atoms with Crippen LogP contribution < -0.4 is 5.73 Å². The molecule has 1 aromatic carbocycles. The van der Waals surface area contributed by atoms with Gasteiger partial charge in [-0.25, -0.2) is 4.98 Å². The molecule has 3 aromatic rings. The number of aryl methyl sites for hydroxylation is 2. The normalized spacial score (nSPS) is 13.8. The van der Waals surface area contributed by atoms with Crippen LogP contribution in [0.3, 0.4) is 0 Å². The molecule has 0 fully saturated rings. The molecule has 0 unspecified atom stereocenters. The van der Waals surface area contributed by atoms with E-state index in [4.69, 9.17) is 5.73 Å². The van der Waals surface area contributed by atoms with E-state index < -0.39 is 0 Å². The molecule has 0 saturated carbocycles. The molecule has 5 nitrogen and oxygen atoms in total. The number of fused-ring (bicyclic) bond motifs is 2. The number of rotatable bonds is 2. The van der Waals surface area contributed by atoms with Gasteiger partial charge in [0.05, 0.1) is 5.69 Å². The zero-order valence-electron chi connectivity index (χ0n) is 11.7. The van der Waals surface area contributed by atoms with Gasteiger partial charge in [0.15, 0.2) is 0 Å². The molecule has 0 amide bonds. The van der Waals surface area contributed by atoms with Crippen molar-refractivity contribution in [1.82, 2.24) is 19.6 Å². The predicted molar refractivity (Wildman–Crippen MR) is 82.5 cm³/mol. The zero-order chi connectivity index (χ0) is 14.4. The average molecular weight is 297 g/mol. The fourth-order valence-electron chi connectivity index (χ4n) is 2.73. The Balaban J connectivity index is 1.92. The predicted octanol–water partition coefficient (Wildman–Crippen LogP) is 2.65. The monoisotopic (exact) mass is 297 g/mol. The van der Waals surface area contributed by atoms with Crippen molar-refractivity contribution >= 4 is 23.2 Å². The van der Waals surface area contributed by atoms with Gasteiger partial charge in [0.1, 0.15) is 10.9 Å². The van der Waals surface area contributed by atoms with Gasteiger partial charge in [-0.2, -0.15) is 9.50 Å². The van der Waals surface area contributed by atoms with Crippen molar-refractivity contribution in [3.8, 4) is 0 Å². The van der Waals surface area contributed by atoms with Crippen molar-refractivity contribution in [2.24, 2.45) is 0 Å². The molecule has 21 heavy (non-hydrogen) atoms. The molecular formula is C15H15N5S. The van der Waals surface area contributed by atoms with E-state index in [1.807, 2.05) is 35.7 Å². The lowest BCUT2D eigenvalue weighted by molar-refractivity contribution is 0.800. The van der Waals surface area contributed by atoms with Crippen LogP contribution in [0.5, 0.6) is 0 Å². The SMILES string of the molecule is Cc1nc2nc3c(c(Sc4ccccc4N)n2n1)CCC3. The van der Waals surface area contributed by atoms with Crippen LogP contribution in [-0.2, 0) is 12.8 Å². The molecule has 0 bridgehead atoms. The van der Waals surface area contributed by atoms with Crippen LogP contribution in [0.4, 0.5) is 5.69 Å². The van der Waals surface area contributed by atoms with Gasteiger partial charge in [-0.1, -0.05) is 23.9 Å². The third-order valence-corrected chi connectivity index (χ3v) is 4.90. The summed E-state index contributed by atoms with van der Waals surface area (Å²) in [6, 6.07) is 7.92. The summed E-state index contributed by atoms with van der Waals surface area (Å²) in [6.07, 6.45) is 3.22. The van der Waals surface area contributed by atoms with Crippen molar-refractivity contribution in [3.63, 3.8) is 0 Å². The van der Waals surface area contributed by atoms with E-state index in [2.05, 4.69) is 15.1 Å². The van der Waals surface area contributed by atoms with Crippen LogP contribution in [-0.4, -0.2) is 19.6 Å². The van der Waals surface area contributed by atoms with Crippen LogP contribution in [0.15, 0.2) is 34.2 Å². The van der Waals surface area contributed by atoms with Gasteiger partial charge in [0.25, 0.3) is 5.78 Å². The van der Waals surface area contributed by atoms with Gasteiger partial charge < -0.3 is 5.73 Å². The molecule has 0 aliphatic heterocycles. The summed E-state index contributed by atoms with van der Waals surface area (Å²) < 4.78 is 1.86. The second kappa shape index (κ2) is 4.73. The third kappa shape index (κ3) is 2.06. The van der Waals surface area contributed by atoms with E-state index in [1.54, 1.807) is 11.8 Å². The van der Waals surface area contributed by atoms with Crippen molar-refractivity contribution in [1.29, 1.82) is 0 Å². The van der Waals surface area contributed by atoms with Gasteiger partial charge in [-0.3, -0.25) is 0 Å². The second-order valence-corrected chi connectivity index (χ2v) is 6.24. The Morgan fingerprint density at radius 1 is 1.19 bits per heavy atom. The lowest BCUT2D eigenvalue weighted by Crippen LogP contribution is -2.03. The maximum atomic E-state index is 6.08. The Kier molecular flexibility index (Phi) is 2.85. The topological polar surface area (TPSA) is 69.1 Å². The summed E-state index contributed by atoms with van der Waals surface area (Å²) >= 11 is 1.66. The molecule has 1 aliphatic carbocycles. The standard InChI is InChI=1S/C15H15N5S/c1-9-17-15-18-12-7-4-5-10(12)14(20(15)19-9)21-13-8-3-2-6-11(13)16/h2-3,6,8H,4-5,7,16H2,1H3. The summed E-state index contributed by atoms with van der Waals surface area (Å²) in [5.41, 5.74) is 9.32. The fourth-order valence-corrected chi connectivity index (χ4v) is 3.82. The number of hydrogen-bond donors (Lipinski definition) is 1. The Labute approximate surface area is 126 Å². The number of aromatic nitrogens is 4. The van der Waals surface area contributed by atoms with Crippen molar-refractivity contribution in [3.05, 3.63) is 41.3 Å². The summed E-state index contributed by atoms with van der Waals surface area (Å²) in [6.45, 7) is 1.89. The average Bonchev–Trinajstić information content (AvgIpc) is 3.06. The highest BCUT2D eigenvalue weighted by Gasteiger charge is 2.22. The smallest absolute Gasteiger partial charge is 0.253 e. The first kappa shape index (κ1) is 12.6. The summed E-state index contributed by atoms with van der Waals surface area (Å²) in [5.74, 6) is 1.43. The van der Waals surface area contributed by atoms with E-state index in [0.29, 0.717) is 5.78 Å². The molecule has 0 saturated heterocycles. The van der Waals surface area contributed by atoms with Crippen molar-refractivity contribution < 1.29 is 0 Å². The van der Waals surface area contributed by atoms with Gasteiger partial charge in [-0.05, 0) is 38.3 Å². The summed E-state index contributed by atoms with van der Waals surface area (Å²) in [7, 11) is 0. The molecule has 106 valence electrons. The molecule has 1 aliphatic rings. The van der Waals surface area contributed by atoms with E-state index >= 15 is 0 Å². The lowest BCUT2D eigenvalue weighted by Gasteiger charge is -2.10. The van der Waals surface area contributed by atoms with Crippen LogP contribution in [0.25, 0.3) is 5.78 Å². The van der Waals surface area contributed by atoms with Gasteiger partial charge in [0.2, 0.25) is 0 Å². The Morgan fingerprint density at radius 3 is 2.90 bits per heavy atom. The summed E-state index contributed by atoms with van der Waals surface area (Å²) in [4.78, 5) is 10.1. The minimum absolute atomic E-state index is 0.685. The Bertz CT molecular complexity index is 839. The van der Waals surface area contributed by atoms with Gasteiger partial charge in [-0.15, -0.1) is 5.10 Å². The number of anilines is 1. The highest BCUT2D eigenvalue weighted by Crippen LogP contribution is 2.37. The van der Waals surface area contributed by atoms with E-state index in [9.17, 15) is 0 Å². The minimum atomic E-state index is 0.685. The summed E-state index contributed by atoms with van der Waals surface area (Å²) in [5, 5.41) is 5.60. The number of nitrogen functional groups attached to an aromatic ring is 1. The number of benzene rings is 1. The van der Waals surface area contributed by atoms with E-state index in [0.717, 1.165) is 46.4 Å². The van der Waals surface area contributed by atoms with E-state index in [-0.39, 0.29) is 0 Å². The largest absolute Gasteiger partial charge is 0.398 e. The number of hydrogen-bond acceptors (Lipinski definition) is 5. The Morgan fingerprint density at radius 2 is 2.05 bits per heavy atom. The molecule has 2 N–H and O–H groups in total. The number of para-hydroxylation sites is 1. The molecule has 6 heteroatoms. The van der Waals surface area contributed by atoms with Gasteiger partial charge in [0, 0.05) is 16.1 Å². The number of nitrogens with two attached hydrogens (primary N) is 1. The molecular weight excluding hydrogens is 282 g/mol. The third-order valence-electron chi connectivity index (χ3n) is 3.70. The van der Waals surface area contributed by atoms with Crippen LogP contribution in [0.1, 0.15) is 23.5 Å². The highest BCUT2D eigenvalue weighted by atomic mass is 32.2. The molecule has 0 atom stereocenters. The molecule has 0 radical (unpaired) electrons. The maximum absolute atomic E-state index is 6.08. The molecule has 0 spiro atoms. The molecule has 2 heterocycles. The molecule has 4 rings (SSSR count). The van der Waals surface area contributed by atoms with Crippen LogP contribution in [0, 0.1) is 6.92 Å². The second-order valence-electron chi connectivity index (χ2n) is 5.21. The van der Waals surface area contributed by atoms with Gasteiger partial charge >= 0.3 is 0 Å². The maximum Gasteiger partial charge on any atom is 0.253 e. The Hall–Kier alpha value is -2.08. The van der Waals surface area contributed by atoms with Crippen molar-refractivity contribution in [2.45, 2.75) is 36.1 Å². The van der Waals surface area contributed by atoms with Crippen molar-refractivity contribution in [2.75, 3.05) is 5.73 Å².